The molecule has 0 spiro atoms. The monoisotopic (exact) mass is 275 g/mol. The first-order valence-corrected chi connectivity index (χ1v) is 7.14. The van der Waals surface area contributed by atoms with Crippen LogP contribution in [-0.2, 0) is 6.42 Å². The Kier molecular flexibility index (Phi) is 3.45. The van der Waals surface area contributed by atoms with Crippen LogP contribution in [-0.4, -0.2) is 9.78 Å². The summed E-state index contributed by atoms with van der Waals surface area (Å²) in [5.74, 6) is 0.642. The summed E-state index contributed by atoms with van der Waals surface area (Å²) in [6.45, 7) is 4.44. The van der Waals surface area contributed by atoms with E-state index in [0.29, 0.717) is 11.5 Å². The van der Waals surface area contributed by atoms with Gasteiger partial charge in [0.1, 0.15) is 0 Å². The zero-order valence-corrected chi connectivity index (χ0v) is 12.2. The standard InChI is InChI=1S/C18H17N3/c1-13(2)9-15-3-6-16-12-21(20-18(16)10-15)17-7-4-14(11-19)5-8-17/h3-8,10,12-13H,9H2,1-2H3. The highest BCUT2D eigenvalue weighted by molar-refractivity contribution is 5.79. The van der Waals surface area contributed by atoms with E-state index in [1.54, 1.807) is 0 Å². The van der Waals surface area contributed by atoms with E-state index in [1.165, 1.54) is 5.56 Å². The van der Waals surface area contributed by atoms with E-state index in [1.807, 2.05) is 35.1 Å². The third kappa shape index (κ3) is 2.80. The predicted octanol–water partition coefficient (Wildman–Crippen LogP) is 4.10. The number of benzene rings is 2. The molecule has 0 radical (unpaired) electrons. The summed E-state index contributed by atoms with van der Waals surface area (Å²) >= 11 is 0. The molecule has 1 aromatic heterocycles. The quantitative estimate of drug-likeness (QED) is 0.722. The second kappa shape index (κ2) is 5.41. The SMILES string of the molecule is CC(C)Cc1ccc2cn(-c3ccc(C#N)cc3)nc2c1. The molecule has 0 bridgehead atoms. The Hall–Kier alpha value is -2.60. The van der Waals surface area contributed by atoms with Gasteiger partial charge in [0, 0.05) is 11.6 Å². The second-order valence-electron chi connectivity index (χ2n) is 5.72. The van der Waals surface area contributed by atoms with Crippen LogP contribution in [0.2, 0.25) is 0 Å². The minimum atomic E-state index is 0.642. The summed E-state index contributed by atoms with van der Waals surface area (Å²) in [6.07, 6.45) is 3.09. The third-order valence-electron chi connectivity index (χ3n) is 3.48. The number of rotatable bonds is 3. The molecule has 0 atom stereocenters. The summed E-state index contributed by atoms with van der Waals surface area (Å²) in [7, 11) is 0. The van der Waals surface area contributed by atoms with Gasteiger partial charge in [0.2, 0.25) is 0 Å². The van der Waals surface area contributed by atoms with Crippen LogP contribution in [0.1, 0.15) is 25.0 Å². The fourth-order valence-corrected chi connectivity index (χ4v) is 2.48. The van der Waals surface area contributed by atoms with Gasteiger partial charge >= 0.3 is 0 Å². The minimum absolute atomic E-state index is 0.642. The highest BCUT2D eigenvalue weighted by Crippen LogP contribution is 2.19. The maximum Gasteiger partial charge on any atom is 0.0991 e. The molecule has 3 aromatic rings. The van der Waals surface area contributed by atoms with Gasteiger partial charge in [0.15, 0.2) is 0 Å². The normalized spacial score (nSPS) is 11.0. The number of hydrogen-bond donors (Lipinski definition) is 0. The molecule has 0 N–H and O–H groups in total. The first kappa shape index (κ1) is 13.4. The Balaban J connectivity index is 1.98. The molecule has 1 heterocycles. The molecule has 21 heavy (non-hydrogen) atoms. The maximum atomic E-state index is 8.84. The van der Waals surface area contributed by atoms with E-state index in [-0.39, 0.29) is 0 Å². The number of nitrogens with zero attached hydrogens (tertiary/aromatic N) is 3. The van der Waals surface area contributed by atoms with E-state index in [4.69, 9.17) is 5.26 Å². The van der Waals surface area contributed by atoms with Crippen molar-refractivity contribution < 1.29 is 0 Å². The van der Waals surface area contributed by atoms with Crippen LogP contribution < -0.4 is 0 Å². The van der Waals surface area contributed by atoms with E-state index >= 15 is 0 Å². The molecule has 0 amide bonds. The Morgan fingerprint density at radius 2 is 1.90 bits per heavy atom. The largest absolute Gasteiger partial charge is 0.240 e. The molecule has 3 nitrogen and oxygen atoms in total. The van der Waals surface area contributed by atoms with Gasteiger partial charge < -0.3 is 0 Å². The molecule has 0 aliphatic heterocycles. The number of fused-ring (bicyclic) bond motifs is 1. The van der Waals surface area contributed by atoms with E-state index in [2.05, 4.69) is 43.2 Å². The van der Waals surface area contributed by atoms with Crippen LogP contribution in [0.25, 0.3) is 16.6 Å². The molecule has 2 aromatic carbocycles. The van der Waals surface area contributed by atoms with Crippen molar-refractivity contribution in [3.05, 3.63) is 59.8 Å². The highest BCUT2D eigenvalue weighted by Gasteiger charge is 2.05. The van der Waals surface area contributed by atoms with E-state index in [9.17, 15) is 0 Å². The molecule has 0 saturated carbocycles. The minimum Gasteiger partial charge on any atom is -0.240 e. The molecule has 3 heteroatoms. The van der Waals surface area contributed by atoms with Crippen LogP contribution in [0.4, 0.5) is 0 Å². The van der Waals surface area contributed by atoms with Crippen LogP contribution in [0, 0.1) is 17.2 Å². The molecule has 0 fully saturated rings. The fourth-order valence-electron chi connectivity index (χ4n) is 2.48. The Bertz CT molecular complexity index is 805. The summed E-state index contributed by atoms with van der Waals surface area (Å²) in [5, 5.41) is 14.6. The van der Waals surface area contributed by atoms with Crippen molar-refractivity contribution in [2.24, 2.45) is 5.92 Å². The Morgan fingerprint density at radius 1 is 1.14 bits per heavy atom. The van der Waals surface area contributed by atoms with Crippen molar-refractivity contribution in [2.75, 3.05) is 0 Å². The van der Waals surface area contributed by atoms with Crippen molar-refractivity contribution in [3.63, 3.8) is 0 Å². The molecule has 104 valence electrons. The summed E-state index contributed by atoms with van der Waals surface area (Å²) in [5.41, 5.74) is 3.96. The lowest BCUT2D eigenvalue weighted by Crippen LogP contribution is -1.94. The van der Waals surface area contributed by atoms with Gasteiger partial charge in [0.05, 0.1) is 22.8 Å². The summed E-state index contributed by atoms with van der Waals surface area (Å²) in [6, 6.07) is 16.0. The van der Waals surface area contributed by atoms with E-state index in [0.717, 1.165) is 23.0 Å². The summed E-state index contributed by atoms with van der Waals surface area (Å²) in [4.78, 5) is 0. The zero-order valence-electron chi connectivity index (χ0n) is 12.2. The van der Waals surface area contributed by atoms with Gasteiger partial charge in [-0.05, 0) is 48.2 Å². The molecule has 0 aliphatic carbocycles. The number of hydrogen-bond acceptors (Lipinski definition) is 2. The smallest absolute Gasteiger partial charge is 0.0991 e. The van der Waals surface area contributed by atoms with Gasteiger partial charge in [-0.15, -0.1) is 0 Å². The fraction of sp³-hybridized carbons (Fsp3) is 0.222. The molecular formula is C18H17N3. The number of nitriles is 1. The first-order chi connectivity index (χ1) is 10.2. The van der Waals surface area contributed by atoms with Gasteiger partial charge in [-0.1, -0.05) is 26.0 Å². The van der Waals surface area contributed by atoms with Gasteiger partial charge in [0.25, 0.3) is 0 Å². The Labute approximate surface area is 124 Å². The lowest BCUT2D eigenvalue weighted by atomic mass is 10.0. The van der Waals surface area contributed by atoms with Crippen LogP contribution >= 0.6 is 0 Å². The van der Waals surface area contributed by atoms with Gasteiger partial charge in [-0.3, -0.25) is 0 Å². The van der Waals surface area contributed by atoms with Crippen LogP contribution in [0.5, 0.6) is 0 Å². The first-order valence-electron chi connectivity index (χ1n) is 7.14. The van der Waals surface area contributed by atoms with Crippen molar-refractivity contribution in [1.82, 2.24) is 9.78 Å². The second-order valence-corrected chi connectivity index (χ2v) is 5.72. The predicted molar refractivity (Wildman–Crippen MR) is 84.3 cm³/mol. The zero-order chi connectivity index (χ0) is 14.8. The molecular weight excluding hydrogens is 258 g/mol. The van der Waals surface area contributed by atoms with Crippen LogP contribution in [0.3, 0.4) is 0 Å². The van der Waals surface area contributed by atoms with Crippen molar-refractivity contribution in [3.8, 4) is 11.8 Å². The third-order valence-corrected chi connectivity index (χ3v) is 3.48. The van der Waals surface area contributed by atoms with Crippen molar-refractivity contribution in [2.45, 2.75) is 20.3 Å². The lowest BCUT2D eigenvalue weighted by molar-refractivity contribution is 0.647. The topological polar surface area (TPSA) is 41.6 Å². The average Bonchev–Trinajstić information content (AvgIpc) is 2.90. The van der Waals surface area contributed by atoms with Crippen molar-refractivity contribution >= 4 is 10.9 Å². The van der Waals surface area contributed by atoms with Crippen molar-refractivity contribution in [1.29, 1.82) is 5.26 Å². The highest BCUT2D eigenvalue weighted by atomic mass is 15.3. The summed E-state index contributed by atoms with van der Waals surface area (Å²) < 4.78 is 1.87. The van der Waals surface area contributed by atoms with Gasteiger partial charge in [-0.2, -0.15) is 10.4 Å². The number of aromatic nitrogens is 2. The Morgan fingerprint density at radius 3 is 2.57 bits per heavy atom. The molecule has 0 saturated heterocycles. The average molecular weight is 275 g/mol. The van der Waals surface area contributed by atoms with Crippen LogP contribution in [0.15, 0.2) is 48.7 Å². The molecule has 0 unspecified atom stereocenters. The van der Waals surface area contributed by atoms with E-state index < -0.39 is 0 Å². The molecule has 3 rings (SSSR count). The lowest BCUT2D eigenvalue weighted by Gasteiger charge is -2.03. The maximum absolute atomic E-state index is 8.84. The van der Waals surface area contributed by atoms with Gasteiger partial charge in [-0.25, -0.2) is 4.68 Å². The molecule has 0 aliphatic rings.